The van der Waals surface area contributed by atoms with Crippen LogP contribution >= 0.6 is 11.3 Å². The van der Waals surface area contributed by atoms with Gasteiger partial charge in [0.2, 0.25) is 0 Å². The number of aryl methyl sites for hydroxylation is 2. The zero-order chi connectivity index (χ0) is 9.52. The summed E-state index contributed by atoms with van der Waals surface area (Å²) in [4.78, 5) is 4.45. The lowest BCUT2D eigenvalue weighted by Gasteiger charge is -1.97. The van der Waals surface area contributed by atoms with E-state index in [2.05, 4.69) is 24.2 Å². The lowest BCUT2D eigenvalue weighted by atomic mass is 10.1. The molecule has 0 saturated carbocycles. The lowest BCUT2D eigenvalue weighted by Crippen LogP contribution is -1.86. The average Bonchev–Trinajstić information content (AvgIpc) is 2.51. The van der Waals surface area contributed by atoms with Gasteiger partial charge in [0.1, 0.15) is 0 Å². The zero-order valence-electron chi connectivity index (χ0n) is 8.68. The molecule has 1 heterocycles. The Labute approximate surface area is 85.2 Å². The number of unbranched alkanes of at least 4 members (excludes halogenated alkanes) is 4. The van der Waals surface area contributed by atoms with Crippen LogP contribution in [0.4, 0.5) is 0 Å². The van der Waals surface area contributed by atoms with Crippen molar-refractivity contribution in [3.8, 4) is 0 Å². The molecule has 0 unspecified atom stereocenters. The normalized spacial score (nSPS) is 10.6. The van der Waals surface area contributed by atoms with E-state index >= 15 is 0 Å². The fourth-order valence-electron chi connectivity index (χ4n) is 1.43. The van der Waals surface area contributed by atoms with Crippen LogP contribution in [0.3, 0.4) is 0 Å². The summed E-state index contributed by atoms with van der Waals surface area (Å²) in [6.45, 7) is 4.33. The summed E-state index contributed by atoms with van der Waals surface area (Å²) < 4.78 is 0. The molecule has 0 spiro atoms. The Morgan fingerprint density at radius 3 is 2.62 bits per heavy atom. The van der Waals surface area contributed by atoms with Crippen LogP contribution < -0.4 is 0 Å². The molecule has 0 N–H and O–H groups in total. The molecule has 1 aromatic rings. The quantitative estimate of drug-likeness (QED) is 0.629. The Morgan fingerprint density at radius 2 is 2.00 bits per heavy atom. The SMILES string of the molecule is CCCCCCCc1csc(C)n1. The fraction of sp³-hybridized carbons (Fsp3) is 0.727. The van der Waals surface area contributed by atoms with E-state index in [1.165, 1.54) is 49.2 Å². The minimum absolute atomic E-state index is 1.17. The van der Waals surface area contributed by atoms with E-state index in [9.17, 15) is 0 Å². The number of aromatic nitrogens is 1. The lowest BCUT2D eigenvalue weighted by molar-refractivity contribution is 0.629. The first-order valence-electron chi connectivity index (χ1n) is 5.24. The first-order chi connectivity index (χ1) is 6.33. The van der Waals surface area contributed by atoms with Gasteiger partial charge in [-0.25, -0.2) is 4.98 Å². The average molecular weight is 197 g/mol. The predicted octanol–water partition coefficient (Wildman–Crippen LogP) is 3.96. The van der Waals surface area contributed by atoms with Crippen LogP contribution in [-0.2, 0) is 6.42 Å². The summed E-state index contributed by atoms with van der Waals surface area (Å²) in [5.74, 6) is 0. The largest absolute Gasteiger partial charge is 0.247 e. The van der Waals surface area contributed by atoms with Crippen molar-refractivity contribution in [2.75, 3.05) is 0 Å². The van der Waals surface area contributed by atoms with Gasteiger partial charge in [0, 0.05) is 5.38 Å². The zero-order valence-corrected chi connectivity index (χ0v) is 9.49. The Morgan fingerprint density at radius 1 is 1.23 bits per heavy atom. The van der Waals surface area contributed by atoms with E-state index in [0.717, 1.165) is 0 Å². The molecule has 0 aliphatic carbocycles. The first-order valence-corrected chi connectivity index (χ1v) is 6.12. The molecule has 0 radical (unpaired) electrons. The highest BCUT2D eigenvalue weighted by molar-refractivity contribution is 7.09. The van der Waals surface area contributed by atoms with Crippen LogP contribution in [0.2, 0.25) is 0 Å². The second-order valence-corrected chi connectivity index (χ2v) is 4.58. The maximum absolute atomic E-state index is 4.45. The molecule has 13 heavy (non-hydrogen) atoms. The van der Waals surface area contributed by atoms with Gasteiger partial charge in [-0.3, -0.25) is 0 Å². The summed E-state index contributed by atoms with van der Waals surface area (Å²) in [6.07, 6.45) is 7.95. The molecule has 0 aromatic carbocycles. The maximum atomic E-state index is 4.45. The van der Waals surface area contributed by atoms with E-state index in [1.54, 1.807) is 11.3 Å². The molecule has 0 aliphatic heterocycles. The smallest absolute Gasteiger partial charge is 0.0897 e. The van der Waals surface area contributed by atoms with E-state index in [4.69, 9.17) is 0 Å². The predicted molar refractivity (Wildman–Crippen MR) is 59.3 cm³/mol. The molecule has 0 aliphatic rings. The Kier molecular flexibility index (Phi) is 5.06. The number of nitrogens with zero attached hydrogens (tertiary/aromatic N) is 1. The third-order valence-corrected chi connectivity index (χ3v) is 3.03. The molecule has 0 amide bonds. The van der Waals surface area contributed by atoms with Crippen molar-refractivity contribution in [2.45, 2.75) is 52.4 Å². The molecule has 1 nitrogen and oxygen atoms in total. The Balaban J connectivity index is 2.06. The molecule has 0 saturated heterocycles. The van der Waals surface area contributed by atoms with Crippen LogP contribution in [-0.4, -0.2) is 4.98 Å². The van der Waals surface area contributed by atoms with Crippen molar-refractivity contribution >= 4 is 11.3 Å². The number of hydrogen-bond donors (Lipinski definition) is 0. The highest BCUT2D eigenvalue weighted by Crippen LogP contribution is 2.12. The van der Waals surface area contributed by atoms with E-state index in [1.807, 2.05) is 0 Å². The van der Waals surface area contributed by atoms with Gasteiger partial charge in [-0.2, -0.15) is 0 Å². The number of hydrogen-bond acceptors (Lipinski definition) is 2. The van der Waals surface area contributed by atoms with Crippen LogP contribution in [0.5, 0.6) is 0 Å². The number of rotatable bonds is 6. The van der Waals surface area contributed by atoms with Gasteiger partial charge in [-0.1, -0.05) is 32.6 Å². The van der Waals surface area contributed by atoms with Crippen LogP contribution in [0.15, 0.2) is 5.38 Å². The summed E-state index contributed by atoms with van der Waals surface area (Å²) in [5.41, 5.74) is 1.29. The van der Waals surface area contributed by atoms with E-state index in [-0.39, 0.29) is 0 Å². The van der Waals surface area contributed by atoms with Crippen molar-refractivity contribution in [1.82, 2.24) is 4.98 Å². The van der Waals surface area contributed by atoms with Crippen molar-refractivity contribution in [3.05, 3.63) is 16.1 Å². The van der Waals surface area contributed by atoms with Gasteiger partial charge in [-0.15, -0.1) is 11.3 Å². The van der Waals surface area contributed by atoms with Crippen LogP contribution in [0.25, 0.3) is 0 Å². The molecule has 1 rings (SSSR count). The van der Waals surface area contributed by atoms with E-state index < -0.39 is 0 Å². The van der Waals surface area contributed by atoms with Crippen LogP contribution in [0, 0.1) is 6.92 Å². The standard InChI is InChI=1S/C11H19NS/c1-3-4-5-6-7-8-11-9-13-10(2)12-11/h9H,3-8H2,1-2H3. The summed E-state index contributed by atoms with van der Waals surface area (Å²) in [7, 11) is 0. The van der Waals surface area contributed by atoms with Gasteiger partial charge in [-0.05, 0) is 19.8 Å². The second kappa shape index (κ2) is 6.14. The topological polar surface area (TPSA) is 12.9 Å². The molecular weight excluding hydrogens is 178 g/mol. The highest BCUT2D eigenvalue weighted by Gasteiger charge is 1.97. The third-order valence-electron chi connectivity index (χ3n) is 2.20. The maximum Gasteiger partial charge on any atom is 0.0897 e. The third kappa shape index (κ3) is 4.41. The molecule has 0 bridgehead atoms. The van der Waals surface area contributed by atoms with Crippen molar-refractivity contribution < 1.29 is 0 Å². The Bertz CT molecular complexity index is 230. The molecule has 74 valence electrons. The monoisotopic (exact) mass is 197 g/mol. The molecule has 1 aromatic heterocycles. The second-order valence-electron chi connectivity index (χ2n) is 3.52. The fourth-order valence-corrected chi connectivity index (χ4v) is 2.08. The van der Waals surface area contributed by atoms with Gasteiger partial charge < -0.3 is 0 Å². The number of thiazole rings is 1. The molecule has 0 atom stereocenters. The minimum atomic E-state index is 1.17. The summed E-state index contributed by atoms with van der Waals surface area (Å²) >= 11 is 1.76. The van der Waals surface area contributed by atoms with E-state index in [0.29, 0.717) is 0 Å². The van der Waals surface area contributed by atoms with Crippen molar-refractivity contribution in [2.24, 2.45) is 0 Å². The minimum Gasteiger partial charge on any atom is -0.247 e. The van der Waals surface area contributed by atoms with Gasteiger partial charge >= 0.3 is 0 Å². The molecule has 2 heteroatoms. The van der Waals surface area contributed by atoms with Crippen molar-refractivity contribution in [1.29, 1.82) is 0 Å². The Hall–Kier alpha value is -0.370. The van der Waals surface area contributed by atoms with Gasteiger partial charge in [0.05, 0.1) is 10.7 Å². The summed E-state index contributed by atoms with van der Waals surface area (Å²) in [5, 5.41) is 3.39. The van der Waals surface area contributed by atoms with Gasteiger partial charge in [0.15, 0.2) is 0 Å². The van der Waals surface area contributed by atoms with Crippen molar-refractivity contribution in [3.63, 3.8) is 0 Å². The molecular formula is C11H19NS. The molecule has 0 fully saturated rings. The van der Waals surface area contributed by atoms with Crippen LogP contribution in [0.1, 0.15) is 49.7 Å². The summed E-state index contributed by atoms with van der Waals surface area (Å²) in [6, 6.07) is 0. The first kappa shape index (κ1) is 10.7. The highest BCUT2D eigenvalue weighted by atomic mass is 32.1. The van der Waals surface area contributed by atoms with Gasteiger partial charge in [0.25, 0.3) is 0 Å².